The standard InChI is InChI=1S/C18H18N2/c1-19-16-10-9-15-8-5-11-20-18(17(15)13-16)12-14-6-3-2-4-7-14/h2-4,6-7,9-10,13,18,20H,5,8,11-12H2. The molecule has 0 aromatic heterocycles. The highest BCUT2D eigenvalue weighted by Gasteiger charge is 2.18. The first kappa shape index (κ1) is 12.9. The molecule has 1 heterocycles. The van der Waals surface area contributed by atoms with E-state index in [9.17, 15) is 0 Å². The molecule has 1 atom stereocenters. The Morgan fingerprint density at radius 2 is 2.00 bits per heavy atom. The van der Waals surface area contributed by atoms with Crippen molar-refractivity contribution in [3.05, 3.63) is 76.6 Å². The summed E-state index contributed by atoms with van der Waals surface area (Å²) < 4.78 is 0. The molecular weight excluding hydrogens is 244 g/mol. The fraction of sp³-hybridized carbons (Fsp3) is 0.278. The third-order valence-corrected chi connectivity index (χ3v) is 3.93. The van der Waals surface area contributed by atoms with Crippen molar-refractivity contribution in [1.82, 2.24) is 5.32 Å². The van der Waals surface area contributed by atoms with Crippen LogP contribution >= 0.6 is 0 Å². The van der Waals surface area contributed by atoms with Crippen molar-refractivity contribution in [2.45, 2.75) is 25.3 Å². The zero-order valence-corrected chi connectivity index (χ0v) is 11.5. The van der Waals surface area contributed by atoms with Gasteiger partial charge >= 0.3 is 0 Å². The van der Waals surface area contributed by atoms with Crippen LogP contribution in [0.15, 0.2) is 48.5 Å². The van der Waals surface area contributed by atoms with Crippen molar-refractivity contribution >= 4 is 5.69 Å². The monoisotopic (exact) mass is 262 g/mol. The summed E-state index contributed by atoms with van der Waals surface area (Å²) in [6.07, 6.45) is 3.25. The molecule has 0 aliphatic carbocycles. The molecule has 20 heavy (non-hydrogen) atoms. The Bertz CT molecular complexity index is 626. The Balaban J connectivity index is 1.94. The molecule has 3 rings (SSSR count). The van der Waals surface area contributed by atoms with Crippen molar-refractivity contribution in [3.8, 4) is 0 Å². The van der Waals surface area contributed by atoms with Crippen LogP contribution in [0.2, 0.25) is 0 Å². The van der Waals surface area contributed by atoms with Gasteiger partial charge in [-0.15, -0.1) is 0 Å². The second-order valence-electron chi connectivity index (χ2n) is 5.29. The molecule has 100 valence electrons. The van der Waals surface area contributed by atoms with Gasteiger partial charge in [0.15, 0.2) is 5.69 Å². The number of hydrogen-bond acceptors (Lipinski definition) is 1. The number of aryl methyl sites for hydroxylation is 1. The molecule has 0 amide bonds. The molecule has 1 unspecified atom stereocenters. The van der Waals surface area contributed by atoms with Crippen LogP contribution in [0.4, 0.5) is 5.69 Å². The summed E-state index contributed by atoms with van der Waals surface area (Å²) in [5.41, 5.74) is 4.78. The van der Waals surface area contributed by atoms with Crippen LogP contribution in [0, 0.1) is 6.57 Å². The fourth-order valence-electron chi connectivity index (χ4n) is 2.90. The maximum absolute atomic E-state index is 7.21. The molecule has 1 N–H and O–H groups in total. The van der Waals surface area contributed by atoms with E-state index in [0.29, 0.717) is 6.04 Å². The van der Waals surface area contributed by atoms with Gasteiger partial charge in [-0.2, -0.15) is 0 Å². The molecule has 1 aliphatic heterocycles. The van der Waals surface area contributed by atoms with E-state index in [0.717, 1.165) is 31.5 Å². The second-order valence-corrected chi connectivity index (χ2v) is 5.29. The van der Waals surface area contributed by atoms with Gasteiger partial charge in [-0.05, 0) is 42.5 Å². The largest absolute Gasteiger partial charge is 0.310 e. The molecule has 0 saturated carbocycles. The van der Waals surface area contributed by atoms with E-state index in [1.165, 1.54) is 16.7 Å². The number of nitrogens with one attached hydrogen (secondary N) is 1. The van der Waals surface area contributed by atoms with Crippen LogP contribution in [0.25, 0.3) is 4.85 Å². The first-order valence-corrected chi connectivity index (χ1v) is 7.14. The topological polar surface area (TPSA) is 16.4 Å². The molecule has 2 heteroatoms. The summed E-state index contributed by atoms with van der Waals surface area (Å²) in [5, 5.41) is 3.63. The normalized spacial score (nSPS) is 17.9. The minimum absolute atomic E-state index is 0.316. The Morgan fingerprint density at radius 3 is 2.80 bits per heavy atom. The van der Waals surface area contributed by atoms with Gasteiger partial charge in [0.2, 0.25) is 0 Å². The lowest BCUT2D eigenvalue weighted by molar-refractivity contribution is 0.540. The molecule has 2 nitrogen and oxygen atoms in total. The van der Waals surface area contributed by atoms with Gasteiger partial charge in [0.1, 0.15) is 0 Å². The second kappa shape index (κ2) is 5.90. The van der Waals surface area contributed by atoms with Gasteiger partial charge in [-0.1, -0.05) is 48.5 Å². The van der Waals surface area contributed by atoms with Crippen LogP contribution in [-0.2, 0) is 12.8 Å². The predicted octanol–water partition coefficient (Wildman–Crippen LogP) is 4.06. The lowest BCUT2D eigenvalue weighted by Crippen LogP contribution is -2.22. The summed E-state index contributed by atoms with van der Waals surface area (Å²) in [7, 11) is 0. The third-order valence-electron chi connectivity index (χ3n) is 3.93. The van der Waals surface area contributed by atoms with Crippen LogP contribution < -0.4 is 5.32 Å². The van der Waals surface area contributed by atoms with Crippen LogP contribution in [0.1, 0.15) is 29.2 Å². The van der Waals surface area contributed by atoms with Crippen molar-refractivity contribution in [2.75, 3.05) is 6.54 Å². The zero-order valence-electron chi connectivity index (χ0n) is 11.5. The summed E-state index contributed by atoms with van der Waals surface area (Å²) in [5.74, 6) is 0. The van der Waals surface area contributed by atoms with E-state index in [-0.39, 0.29) is 0 Å². The number of fused-ring (bicyclic) bond motifs is 1. The lowest BCUT2D eigenvalue weighted by Gasteiger charge is -2.19. The predicted molar refractivity (Wildman–Crippen MR) is 81.9 cm³/mol. The number of hydrogen-bond donors (Lipinski definition) is 1. The Hall–Kier alpha value is -2.11. The minimum atomic E-state index is 0.316. The van der Waals surface area contributed by atoms with Gasteiger partial charge < -0.3 is 5.32 Å². The van der Waals surface area contributed by atoms with Crippen LogP contribution in [0.3, 0.4) is 0 Å². The maximum atomic E-state index is 7.21. The molecule has 0 fully saturated rings. The van der Waals surface area contributed by atoms with E-state index >= 15 is 0 Å². The average molecular weight is 262 g/mol. The highest BCUT2D eigenvalue weighted by molar-refractivity contribution is 5.51. The Labute approximate surface area is 120 Å². The minimum Gasteiger partial charge on any atom is -0.310 e. The van der Waals surface area contributed by atoms with Crippen LogP contribution in [0.5, 0.6) is 0 Å². The highest BCUT2D eigenvalue weighted by Crippen LogP contribution is 2.29. The van der Waals surface area contributed by atoms with E-state index in [2.05, 4.69) is 52.6 Å². The summed E-state index contributed by atoms with van der Waals surface area (Å²) in [6, 6.07) is 17.0. The number of nitrogens with zero attached hydrogens (tertiary/aromatic N) is 1. The highest BCUT2D eigenvalue weighted by atomic mass is 14.9. The molecule has 2 aromatic carbocycles. The maximum Gasteiger partial charge on any atom is 0.187 e. The van der Waals surface area contributed by atoms with Crippen molar-refractivity contribution in [3.63, 3.8) is 0 Å². The van der Waals surface area contributed by atoms with Crippen LogP contribution in [-0.4, -0.2) is 6.54 Å². The van der Waals surface area contributed by atoms with Gasteiger partial charge in [-0.25, -0.2) is 4.85 Å². The Kier molecular flexibility index (Phi) is 3.80. The fourth-order valence-corrected chi connectivity index (χ4v) is 2.90. The van der Waals surface area contributed by atoms with Gasteiger partial charge in [0.05, 0.1) is 6.57 Å². The smallest absolute Gasteiger partial charge is 0.187 e. The molecular formula is C18H18N2. The quantitative estimate of drug-likeness (QED) is 0.807. The van der Waals surface area contributed by atoms with Crippen molar-refractivity contribution < 1.29 is 0 Å². The molecule has 0 radical (unpaired) electrons. The molecule has 2 aromatic rings. The molecule has 0 saturated heterocycles. The summed E-state index contributed by atoms with van der Waals surface area (Å²) in [4.78, 5) is 3.57. The Morgan fingerprint density at radius 1 is 1.15 bits per heavy atom. The van der Waals surface area contributed by atoms with E-state index in [1.54, 1.807) is 0 Å². The van der Waals surface area contributed by atoms with Gasteiger partial charge in [0, 0.05) is 6.04 Å². The van der Waals surface area contributed by atoms with E-state index in [4.69, 9.17) is 6.57 Å². The SMILES string of the molecule is [C-]#[N+]c1ccc2c(c1)C(Cc1ccccc1)NCCC2. The first-order chi connectivity index (χ1) is 9.86. The lowest BCUT2D eigenvalue weighted by atomic mass is 9.94. The van der Waals surface area contributed by atoms with Gasteiger partial charge in [-0.3, -0.25) is 0 Å². The summed E-state index contributed by atoms with van der Waals surface area (Å²) in [6.45, 7) is 8.25. The average Bonchev–Trinajstić information content (AvgIpc) is 2.70. The number of benzene rings is 2. The van der Waals surface area contributed by atoms with E-state index in [1.807, 2.05) is 6.07 Å². The molecule has 0 spiro atoms. The van der Waals surface area contributed by atoms with E-state index < -0.39 is 0 Å². The number of rotatable bonds is 2. The van der Waals surface area contributed by atoms with Crippen molar-refractivity contribution in [1.29, 1.82) is 0 Å². The van der Waals surface area contributed by atoms with Crippen molar-refractivity contribution in [2.24, 2.45) is 0 Å². The van der Waals surface area contributed by atoms with Gasteiger partial charge in [0.25, 0.3) is 0 Å². The third kappa shape index (κ3) is 2.74. The summed E-state index contributed by atoms with van der Waals surface area (Å²) >= 11 is 0. The first-order valence-electron chi connectivity index (χ1n) is 7.14. The zero-order chi connectivity index (χ0) is 13.8. The molecule has 1 aliphatic rings. The molecule has 0 bridgehead atoms.